The number of aromatic hydroxyl groups is 1. The summed E-state index contributed by atoms with van der Waals surface area (Å²) in [5.74, 6) is -1.87. The number of imide groups is 1. The van der Waals surface area contributed by atoms with Crippen molar-refractivity contribution in [2.45, 2.75) is 13.8 Å². The van der Waals surface area contributed by atoms with E-state index in [1.165, 1.54) is 6.07 Å². The van der Waals surface area contributed by atoms with E-state index >= 15 is 0 Å². The molecule has 0 aliphatic rings. The van der Waals surface area contributed by atoms with Crippen LogP contribution in [0.15, 0.2) is 54.6 Å². The predicted molar refractivity (Wildman–Crippen MR) is 109 cm³/mol. The van der Waals surface area contributed by atoms with Crippen molar-refractivity contribution in [3.05, 3.63) is 71.3 Å². The van der Waals surface area contributed by atoms with Gasteiger partial charge in [0.1, 0.15) is 11.3 Å². The Morgan fingerprint density at radius 3 is 2.52 bits per heavy atom. The maximum Gasteiger partial charge on any atom is 0.342 e. The molecule has 3 N–H and O–H groups in total. The van der Waals surface area contributed by atoms with E-state index in [1.807, 2.05) is 32.0 Å². The van der Waals surface area contributed by atoms with Crippen LogP contribution in [0.2, 0.25) is 0 Å². The van der Waals surface area contributed by atoms with Gasteiger partial charge in [-0.3, -0.25) is 10.1 Å². The SMILES string of the molecule is Cc1ccc(NC(=O)NC(=O)COC(=O)c2ccc3ccccc3c2O)c(C)c1. The van der Waals surface area contributed by atoms with Crippen LogP contribution < -0.4 is 10.6 Å². The third-order valence-corrected chi connectivity index (χ3v) is 4.34. The number of benzene rings is 3. The molecule has 3 aromatic carbocycles. The summed E-state index contributed by atoms with van der Waals surface area (Å²) < 4.78 is 4.92. The zero-order valence-corrected chi connectivity index (χ0v) is 16.0. The van der Waals surface area contributed by atoms with Gasteiger partial charge in [-0.15, -0.1) is 0 Å². The molecule has 0 spiro atoms. The van der Waals surface area contributed by atoms with Crippen LogP contribution in [0.5, 0.6) is 5.75 Å². The molecule has 3 amide bonds. The van der Waals surface area contributed by atoms with E-state index in [0.29, 0.717) is 11.1 Å². The van der Waals surface area contributed by atoms with Gasteiger partial charge in [0.15, 0.2) is 6.61 Å². The molecular formula is C22H20N2O5. The van der Waals surface area contributed by atoms with E-state index < -0.39 is 24.5 Å². The molecule has 0 bridgehead atoms. The van der Waals surface area contributed by atoms with Crippen molar-refractivity contribution >= 4 is 34.4 Å². The number of ether oxygens (including phenoxy) is 1. The number of amides is 3. The molecule has 0 unspecified atom stereocenters. The van der Waals surface area contributed by atoms with Gasteiger partial charge in [-0.25, -0.2) is 9.59 Å². The minimum atomic E-state index is -0.863. The van der Waals surface area contributed by atoms with Gasteiger partial charge in [-0.2, -0.15) is 0 Å². The fraction of sp³-hybridized carbons (Fsp3) is 0.136. The molecule has 0 aromatic heterocycles. The highest BCUT2D eigenvalue weighted by molar-refractivity contribution is 6.04. The van der Waals surface area contributed by atoms with E-state index in [0.717, 1.165) is 16.5 Å². The molecule has 3 rings (SSSR count). The van der Waals surface area contributed by atoms with E-state index in [2.05, 4.69) is 10.6 Å². The lowest BCUT2D eigenvalue weighted by Crippen LogP contribution is -2.37. The Bertz CT molecular complexity index is 1110. The summed E-state index contributed by atoms with van der Waals surface area (Å²) in [6.07, 6.45) is 0. The normalized spacial score (nSPS) is 10.4. The van der Waals surface area contributed by atoms with Gasteiger partial charge >= 0.3 is 12.0 Å². The Labute approximate surface area is 167 Å². The van der Waals surface area contributed by atoms with Crippen LogP contribution in [0.3, 0.4) is 0 Å². The number of esters is 1. The van der Waals surface area contributed by atoms with E-state index in [-0.39, 0.29) is 11.3 Å². The Morgan fingerprint density at radius 1 is 1.00 bits per heavy atom. The van der Waals surface area contributed by atoms with E-state index in [1.54, 1.807) is 30.3 Å². The fourth-order valence-corrected chi connectivity index (χ4v) is 2.90. The van der Waals surface area contributed by atoms with Crippen molar-refractivity contribution < 1.29 is 24.2 Å². The summed E-state index contributed by atoms with van der Waals surface area (Å²) in [6.45, 7) is 3.11. The maximum absolute atomic E-state index is 12.2. The average Bonchev–Trinajstić information content (AvgIpc) is 2.69. The number of carbonyl (C=O) groups is 3. The van der Waals surface area contributed by atoms with E-state index in [9.17, 15) is 19.5 Å². The van der Waals surface area contributed by atoms with Crippen molar-refractivity contribution in [3.63, 3.8) is 0 Å². The number of hydrogen-bond donors (Lipinski definition) is 3. The topological polar surface area (TPSA) is 105 Å². The summed E-state index contributed by atoms with van der Waals surface area (Å²) in [7, 11) is 0. The summed E-state index contributed by atoms with van der Waals surface area (Å²) in [5.41, 5.74) is 2.41. The minimum Gasteiger partial charge on any atom is -0.506 e. The molecule has 0 aliphatic carbocycles. The number of carbonyl (C=O) groups excluding carboxylic acids is 3. The predicted octanol–water partition coefficient (Wildman–Crippen LogP) is 3.67. The first-order chi connectivity index (χ1) is 13.8. The van der Waals surface area contributed by atoms with Crippen LogP contribution in [-0.2, 0) is 9.53 Å². The first-order valence-corrected chi connectivity index (χ1v) is 8.91. The van der Waals surface area contributed by atoms with Crippen LogP contribution in [0, 0.1) is 13.8 Å². The van der Waals surface area contributed by atoms with Crippen LogP contribution >= 0.6 is 0 Å². The summed E-state index contributed by atoms with van der Waals surface area (Å²) >= 11 is 0. The zero-order chi connectivity index (χ0) is 21.0. The molecule has 0 heterocycles. The highest BCUT2D eigenvalue weighted by atomic mass is 16.5. The lowest BCUT2D eigenvalue weighted by Gasteiger charge is -2.11. The van der Waals surface area contributed by atoms with Crippen LogP contribution in [-0.4, -0.2) is 29.6 Å². The van der Waals surface area contributed by atoms with Gasteiger partial charge in [0.05, 0.1) is 0 Å². The fourth-order valence-electron chi connectivity index (χ4n) is 2.90. The zero-order valence-electron chi connectivity index (χ0n) is 16.0. The number of aryl methyl sites for hydroxylation is 2. The smallest absolute Gasteiger partial charge is 0.342 e. The monoisotopic (exact) mass is 392 g/mol. The molecule has 29 heavy (non-hydrogen) atoms. The summed E-state index contributed by atoms with van der Waals surface area (Å²) in [4.78, 5) is 36.1. The average molecular weight is 392 g/mol. The highest BCUT2D eigenvalue weighted by Gasteiger charge is 2.17. The quantitative estimate of drug-likeness (QED) is 0.588. The van der Waals surface area contributed by atoms with Crippen LogP contribution in [0.25, 0.3) is 10.8 Å². The number of hydrogen-bond acceptors (Lipinski definition) is 5. The summed E-state index contributed by atoms with van der Waals surface area (Å²) in [5, 5.41) is 16.2. The lowest BCUT2D eigenvalue weighted by atomic mass is 10.1. The molecular weight excluding hydrogens is 372 g/mol. The number of phenols is 1. The molecule has 7 heteroatoms. The van der Waals surface area contributed by atoms with Gasteiger partial charge in [-0.05, 0) is 36.9 Å². The third-order valence-electron chi connectivity index (χ3n) is 4.34. The molecule has 0 fully saturated rings. The third kappa shape index (κ3) is 4.70. The maximum atomic E-state index is 12.2. The Kier molecular flexibility index (Phi) is 5.78. The van der Waals surface area contributed by atoms with Gasteiger partial charge < -0.3 is 15.2 Å². The molecule has 3 aromatic rings. The van der Waals surface area contributed by atoms with Crippen molar-refractivity contribution in [2.24, 2.45) is 0 Å². The highest BCUT2D eigenvalue weighted by Crippen LogP contribution is 2.28. The first-order valence-electron chi connectivity index (χ1n) is 8.91. The number of anilines is 1. The standard InChI is InChI=1S/C22H20N2O5/c1-13-7-10-18(14(2)11-13)23-22(28)24-19(25)12-29-21(27)17-9-8-15-5-3-4-6-16(15)20(17)26/h3-11,26H,12H2,1-2H3,(H2,23,24,25,28). The van der Waals surface area contributed by atoms with Crippen molar-refractivity contribution in [3.8, 4) is 5.75 Å². The largest absolute Gasteiger partial charge is 0.506 e. The van der Waals surface area contributed by atoms with E-state index in [4.69, 9.17) is 4.74 Å². The van der Waals surface area contributed by atoms with Crippen molar-refractivity contribution in [2.75, 3.05) is 11.9 Å². The van der Waals surface area contributed by atoms with Crippen LogP contribution in [0.1, 0.15) is 21.5 Å². The summed E-state index contributed by atoms with van der Waals surface area (Å²) in [6, 6.07) is 14.8. The minimum absolute atomic E-state index is 0.0590. The molecule has 0 saturated heterocycles. The van der Waals surface area contributed by atoms with Crippen molar-refractivity contribution in [1.29, 1.82) is 0 Å². The molecule has 0 saturated carbocycles. The molecule has 0 aliphatic heterocycles. The van der Waals surface area contributed by atoms with Gasteiger partial charge in [0.25, 0.3) is 5.91 Å². The Morgan fingerprint density at radius 2 is 1.76 bits per heavy atom. The van der Waals surface area contributed by atoms with Crippen LogP contribution in [0.4, 0.5) is 10.5 Å². The van der Waals surface area contributed by atoms with Gasteiger partial charge in [0.2, 0.25) is 0 Å². The molecule has 0 radical (unpaired) electrons. The van der Waals surface area contributed by atoms with Crippen molar-refractivity contribution in [1.82, 2.24) is 5.32 Å². The number of rotatable bonds is 4. The van der Waals surface area contributed by atoms with Gasteiger partial charge in [0, 0.05) is 11.1 Å². The number of fused-ring (bicyclic) bond motifs is 1. The number of nitrogens with one attached hydrogen (secondary N) is 2. The molecule has 0 atom stereocenters. The van der Waals surface area contributed by atoms with Gasteiger partial charge in [-0.1, -0.05) is 48.0 Å². The number of phenolic OH excluding ortho intramolecular Hbond substituents is 1. The second kappa shape index (κ2) is 8.43. The lowest BCUT2D eigenvalue weighted by molar-refractivity contribution is -0.123. The Balaban J connectivity index is 1.57. The second-order valence-corrected chi connectivity index (χ2v) is 6.58. The molecule has 148 valence electrons. The second-order valence-electron chi connectivity index (χ2n) is 6.58. The first kappa shape index (κ1) is 19.9. The number of urea groups is 1. The Hall–Kier alpha value is -3.87. The molecule has 7 nitrogen and oxygen atoms in total.